The largest absolute Gasteiger partial charge is 0.497 e. The van der Waals surface area contributed by atoms with Crippen molar-refractivity contribution in [3.63, 3.8) is 0 Å². The van der Waals surface area contributed by atoms with Gasteiger partial charge in [0.1, 0.15) is 5.75 Å². The molecular weight excluding hydrogens is 296 g/mol. The average Bonchev–Trinajstić information content (AvgIpc) is 2.44. The molecule has 0 amide bonds. The maximum Gasteiger partial charge on any atom is 0.241 e. The highest BCUT2D eigenvalue weighted by Crippen LogP contribution is 2.21. The van der Waals surface area contributed by atoms with E-state index >= 15 is 0 Å². The topological polar surface area (TPSA) is 81.4 Å². The molecule has 0 aliphatic heterocycles. The van der Waals surface area contributed by atoms with E-state index < -0.39 is 15.6 Å². The van der Waals surface area contributed by atoms with E-state index in [0.29, 0.717) is 18.6 Å². The maximum absolute atomic E-state index is 12.4. The van der Waals surface area contributed by atoms with Gasteiger partial charge < -0.3 is 10.5 Å². The number of hydrogen-bond donors (Lipinski definition) is 2. The molecule has 7 heteroatoms. The number of thiocarbonyl (C=S) groups is 1. The second-order valence-corrected chi connectivity index (χ2v) is 6.56. The van der Waals surface area contributed by atoms with Crippen molar-refractivity contribution in [3.8, 4) is 5.75 Å². The summed E-state index contributed by atoms with van der Waals surface area (Å²) in [6.07, 6.45) is 0.989. The Morgan fingerprint density at radius 2 is 1.80 bits per heavy atom. The summed E-state index contributed by atoms with van der Waals surface area (Å²) in [5.74, 6) is 0.593. The fraction of sp³-hybridized carbons (Fsp3) is 0.462. The van der Waals surface area contributed by atoms with Gasteiger partial charge in [-0.25, -0.2) is 8.42 Å². The number of nitrogens with two attached hydrogens (primary N) is 1. The highest BCUT2D eigenvalue weighted by molar-refractivity contribution is 7.89. The van der Waals surface area contributed by atoms with Crippen LogP contribution in [0.4, 0.5) is 0 Å². The molecule has 0 aliphatic carbocycles. The Hall–Kier alpha value is -1.18. The highest BCUT2D eigenvalue weighted by Gasteiger charge is 2.34. The van der Waals surface area contributed by atoms with Crippen LogP contribution < -0.4 is 15.2 Å². The molecule has 20 heavy (non-hydrogen) atoms. The molecule has 1 rings (SSSR count). The summed E-state index contributed by atoms with van der Waals surface area (Å²) >= 11 is 5.02. The molecule has 0 heterocycles. The second kappa shape index (κ2) is 6.51. The molecule has 0 spiro atoms. The van der Waals surface area contributed by atoms with Crippen molar-refractivity contribution in [2.45, 2.75) is 37.1 Å². The van der Waals surface area contributed by atoms with Gasteiger partial charge in [-0.15, -0.1) is 0 Å². The van der Waals surface area contributed by atoms with Crippen molar-refractivity contribution in [1.82, 2.24) is 4.72 Å². The van der Waals surface area contributed by atoms with E-state index in [-0.39, 0.29) is 9.88 Å². The molecule has 112 valence electrons. The molecule has 5 nitrogen and oxygen atoms in total. The Bertz CT molecular complexity index is 564. The number of nitrogens with one attached hydrogen (secondary N) is 1. The van der Waals surface area contributed by atoms with E-state index in [0.717, 1.165) is 0 Å². The standard InChI is InChI=1S/C13H20N2O3S2/c1-4-13(5-2,12(14)19)15-20(16,17)11-8-6-10(18-3)7-9-11/h6-9,15H,4-5H2,1-3H3,(H2,14,19). The molecule has 1 aromatic rings. The molecule has 1 aromatic carbocycles. The van der Waals surface area contributed by atoms with Crippen LogP contribution in [0.3, 0.4) is 0 Å². The predicted octanol–water partition coefficient (Wildman–Crippen LogP) is 1.82. The number of ether oxygens (including phenoxy) is 1. The van der Waals surface area contributed by atoms with E-state index in [1.807, 2.05) is 13.8 Å². The fourth-order valence-electron chi connectivity index (χ4n) is 1.86. The monoisotopic (exact) mass is 316 g/mol. The van der Waals surface area contributed by atoms with Gasteiger partial charge in [-0.05, 0) is 37.1 Å². The van der Waals surface area contributed by atoms with Crippen LogP contribution in [0.2, 0.25) is 0 Å². The van der Waals surface area contributed by atoms with E-state index in [1.54, 1.807) is 12.1 Å². The van der Waals surface area contributed by atoms with Crippen molar-refractivity contribution in [2.24, 2.45) is 5.73 Å². The summed E-state index contributed by atoms with van der Waals surface area (Å²) in [6, 6.07) is 6.15. The van der Waals surface area contributed by atoms with Crippen LogP contribution in [0.25, 0.3) is 0 Å². The maximum atomic E-state index is 12.4. The zero-order valence-corrected chi connectivity index (χ0v) is 13.5. The van der Waals surface area contributed by atoms with Gasteiger partial charge in [0.05, 0.1) is 22.5 Å². The van der Waals surface area contributed by atoms with Gasteiger partial charge in [-0.2, -0.15) is 4.72 Å². The molecule has 3 N–H and O–H groups in total. The van der Waals surface area contributed by atoms with Crippen LogP contribution in [0.1, 0.15) is 26.7 Å². The van der Waals surface area contributed by atoms with E-state index in [9.17, 15) is 8.42 Å². The number of methoxy groups -OCH3 is 1. The lowest BCUT2D eigenvalue weighted by Gasteiger charge is -2.31. The zero-order chi connectivity index (χ0) is 15.4. The van der Waals surface area contributed by atoms with E-state index in [2.05, 4.69) is 4.72 Å². The number of rotatable bonds is 7. The lowest BCUT2D eigenvalue weighted by Crippen LogP contribution is -2.55. The molecule has 0 aromatic heterocycles. The molecule has 0 saturated carbocycles. The van der Waals surface area contributed by atoms with Crippen molar-refractivity contribution in [2.75, 3.05) is 7.11 Å². The normalized spacial score (nSPS) is 12.2. The van der Waals surface area contributed by atoms with Crippen molar-refractivity contribution in [1.29, 1.82) is 0 Å². The summed E-state index contributed by atoms with van der Waals surface area (Å²) < 4.78 is 32.4. The molecule has 0 unspecified atom stereocenters. The van der Waals surface area contributed by atoms with Crippen LogP contribution >= 0.6 is 12.2 Å². The average molecular weight is 316 g/mol. The SMILES string of the molecule is CCC(CC)(NS(=O)(=O)c1ccc(OC)cc1)C(N)=S. The number of sulfonamides is 1. The van der Waals surface area contributed by atoms with Crippen molar-refractivity contribution < 1.29 is 13.2 Å². The Labute approximate surface area is 125 Å². The van der Waals surface area contributed by atoms with Gasteiger partial charge in [-0.1, -0.05) is 26.1 Å². The highest BCUT2D eigenvalue weighted by atomic mass is 32.2. The number of hydrogen-bond acceptors (Lipinski definition) is 4. The molecule has 0 atom stereocenters. The number of benzene rings is 1. The van der Waals surface area contributed by atoms with E-state index in [1.165, 1.54) is 19.2 Å². The van der Waals surface area contributed by atoms with Crippen LogP contribution in [0.15, 0.2) is 29.2 Å². The Kier molecular flexibility index (Phi) is 5.50. The van der Waals surface area contributed by atoms with Gasteiger partial charge in [0, 0.05) is 0 Å². The van der Waals surface area contributed by atoms with Gasteiger partial charge in [0.25, 0.3) is 0 Å². The minimum absolute atomic E-state index is 0.152. The van der Waals surface area contributed by atoms with Crippen molar-refractivity contribution >= 4 is 27.2 Å². The van der Waals surface area contributed by atoms with E-state index in [4.69, 9.17) is 22.7 Å². The molecule has 0 radical (unpaired) electrons. The lowest BCUT2D eigenvalue weighted by atomic mass is 9.94. The lowest BCUT2D eigenvalue weighted by molar-refractivity contribution is 0.414. The first-order valence-electron chi connectivity index (χ1n) is 6.29. The molecule has 0 bridgehead atoms. The minimum Gasteiger partial charge on any atom is -0.497 e. The smallest absolute Gasteiger partial charge is 0.241 e. The predicted molar refractivity (Wildman–Crippen MR) is 83.4 cm³/mol. The first-order chi connectivity index (χ1) is 9.31. The van der Waals surface area contributed by atoms with Gasteiger partial charge in [0.15, 0.2) is 0 Å². The third-order valence-electron chi connectivity index (χ3n) is 3.38. The summed E-state index contributed by atoms with van der Waals surface area (Å²) in [5.41, 5.74) is 4.81. The Morgan fingerprint density at radius 3 is 2.15 bits per heavy atom. The quantitative estimate of drug-likeness (QED) is 0.750. The van der Waals surface area contributed by atoms with Crippen LogP contribution in [-0.4, -0.2) is 26.1 Å². The molecule has 0 aliphatic rings. The Balaban J connectivity index is 3.12. The molecule has 0 fully saturated rings. The molecule has 0 saturated heterocycles. The summed E-state index contributed by atoms with van der Waals surface area (Å²) in [4.78, 5) is 0.306. The Morgan fingerprint density at radius 1 is 1.30 bits per heavy atom. The minimum atomic E-state index is -3.69. The molecular formula is C13H20N2O3S2. The summed E-state index contributed by atoms with van der Waals surface area (Å²) in [6.45, 7) is 3.69. The third kappa shape index (κ3) is 3.47. The fourth-order valence-corrected chi connectivity index (χ4v) is 3.79. The summed E-state index contributed by atoms with van der Waals surface area (Å²) in [5, 5.41) is 0. The second-order valence-electron chi connectivity index (χ2n) is 4.43. The first-order valence-corrected chi connectivity index (χ1v) is 8.18. The van der Waals surface area contributed by atoms with Crippen molar-refractivity contribution in [3.05, 3.63) is 24.3 Å². The van der Waals surface area contributed by atoms with Gasteiger partial charge in [-0.3, -0.25) is 0 Å². The van der Waals surface area contributed by atoms with Crippen LogP contribution in [0, 0.1) is 0 Å². The summed E-state index contributed by atoms with van der Waals surface area (Å²) in [7, 11) is -2.16. The zero-order valence-electron chi connectivity index (χ0n) is 11.8. The van der Waals surface area contributed by atoms with Gasteiger partial charge in [0.2, 0.25) is 10.0 Å². The van der Waals surface area contributed by atoms with Crippen LogP contribution in [-0.2, 0) is 10.0 Å². The third-order valence-corrected chi connectivity index (χ3v) is 5.32. The van der Waals surface area contributed by atoms with Crippen LogP contribution in [0.5, 0.6) is 5.75 Å². The first kappa shape index (κ1) is 16.9. The van der Waals surface area contributed by atoms with Gasteiger partial charge >= 0.3 is 0 Å².